The van der Waals surface area contributed by atoms with Gasteiger partial charge in [-0.05, 0) is 55.8 Å². The van der Waals surface area contributed by atoms with E-state index < -0.39 is 10.0 Å². The van der Waals surface area contributed by atoms with Crippen molar-refractivity contribution in [3.63, 3.8) is 0 Å². The van der Waals surface area contributed by atoms with E-state index in [1.165, 1.54) is 19.2 Å². The highest BCUT2D eigenvalue weighted by atomic mass is 32.2. The molecular formula is C20H26N2O5S. The van der Waals surface area contributed by atoms with Crippen LogP contribution >= 0.6 is 0 Å². The molecular weight excluding hydrogens is 380 g/mol. The van der Waals surface area contributed by atoms with Gasteiger partial charge in [0.2, 0.25) is 15.9 Å². The first-order chi connectivity index (χ1) is 13.4. The molecule has 0 saturated heterocycles. The molecule has 2 N–H and O–H groups in total. The summed E-state index contributed by atoms with van der Waals surface area (Å²) in [7, 11) is -0.501. The van der Waals surface area contributed by atoms with Crippen LogP contribution in [0.1, 0.15) is 24.5 Å². The fraction of sp³-hybridized carbons (Fsp3) is 0.350. The van der Waals surface area contributed by atoms with E-state index in [1.807, 2.05) is 25.1 Å². The third-order valence-corrected chi connectivity index (χ3v) is 5.59. The molecule has 0 aliphatic rings. The molecule has 0 unspecified atom stereocenters. The van der Waals surface area contributed by atoms with Crippen LogP contribution in [-0.2, 0) is 27.8 Å². The molecule has 0 aromatic heterocycles. The zero-order valence-electron chi connectivity index (χ0n) is 16.3. The topological polar surface area (TPSA) is 93.7 Å². The predicted octanol–water partition coefficient (Wildman–Crippen LogP) is 2.25. The van der Waals surface area contributed by atoms with Crippen LogP contribution in [0.2, 0.25) is 0 Å². The summed E-state index contributed by atoms with van der Waals surface area (Å²) in [6.07, 6.45) is 0.838. The molecule has 0 spiro atoms. The van der Waals surface area contributed by atoms with E-state index in [9.17, 15) is 13.2 Å². The standard InChI is InChI=1S/C20H26N2O5S/c1-4-27-18-11-7-16(13-19(18)26-3)14-22-20(23)12-8-15-5-9-17(10-6-15)28(24,25)21-2/h5-7,9-11,13,21H,4,8,12,14H2,1-3H3,(H,22,23). The number of rotatable bonds is 10. The minimum absolute atomic E-state index is 0.0835. The molecule has 0 fully saturated rings. The maximum absolute atomic E-state index is 12.1. The Bertz CT molecular complexity index is 895. The van der Waals surface area contributed by atoms with E-state index in [0.29, 0.717) is 37.5 Å². The number of aryl methyl sites for hydroxylation is 1. The number of carbonyl (C=O) groups excluding carboxylic acids is 1. The fourth-order valence-electron chi connectivity index (χ4n) is 2.60. The van der Waals surface area contributed by atoms with E-state index in [-0.39, 0.29) is 10.8 Å². The van der Waals surface area contributed by atoms with E-state index >= 15 is 0 Å². The molecule has 0 aliphatic heterocycles. The molecule has 1 amide bonds. The van der Waals surface area contributed by atoms with Crippen LogP contribution in [0.4, 0.5) is 0 Å². The Labute approximate surface area is 166 Å². The van der Waals surface area contributed by atoms with Gasteiger partial charge in [-0.1, -0.05) is 18.2 Å². The highest BCUT2D eigenvalue weighted by molar-refractivity contribution is 7.89. The first-order valence-electron chi connectivity index (χ1n) is 8.98. The van der Waals surface area contributed by atoms with E-state index in [2.05, 4.69) is 10.0 Å². The summed E-state index contributed by atoms with van der Waals surface area (Å²) in [6.45, 7) is 2.84. The molecule has 152 valence electrons. The normalized spacial score (nSPS) is 11.1. The Hall–Kier alpha value is -2.58. The lowest BCUT2D eigenvalue weighted by molar-refractivity contribution is -0.121. The van der Waals surface area contributed by atoms with Crippen molar-refractivity contribution in [3.8, 4) is 11.5 Å². The van der Waals surface area contributed by atoms with Gasteiger partial charge < -0.3 is 14.8 Å². The van der Waals surface area contributed by atoms with Crippen molar-refractivity contribution in [2.24, 2.45) is 0 Å². The zero-order chi connectivity index (χ0) is 20.6. The minimum Gasteiger partial charge on any atom is -0.493 e. The maximum Gasteiger partial charge on any atom is 0.240 e. The van der Waals surface area contributed by atoms with Crippen LogP contribution in [0.3, 0.4) is 0 Å². The molecule has 0 heterocycles. The molecule has 0 radical (unpaired) electrons. The van der Waals surface area contributed by atoms with Gasteiger partial charge in [-0.25, -0.2) is 13.1 Å². The molecule has 2 aromatic rings. The van der Waals surface area contributed by atoms with E-state index in [1.54, 1.807) is 19.2 Å². The number of methoxy groups -OCH3 is 1. The predicted molar refractivity (Wildman–Crippen MR) is 107 cm³/mol. The lowest BCUT2D eigenvalue weighted by Gasteiger charge is -2.11. The summed E-state index contributed by atoms with van der Waals surface area (Å²) in [5, 5.41) is 2.88. The number of hydrogen-bond donors (Lipinski definition) is 2. The molecule has 2 aromatic carbocycles. The van der Waals surface area contributed by atoms with Crippen LogP contribution in [0.15, 0.2) is 47.4 Å². The highest BCUT2D eigenvalue weighted by Gasteiger charge is 2.11. The first-order valence-corrected chi connectivity index (χ1v) is 10.5. The zero-order valence-corrected chi connectivity index (χ0v) is 17.1. The molecule has 0 saturated carbocycles. The Morgan fingerprint density at radius 3 is 2.32 bits per heavy atom. The summed E-state index contributed by atoms with van der Waals surface area (Å²) in [5.41, 5.74) is 1.81. The van der Waals surface area contributed by atoms with Gasteiger partial charge >= 0.3 is 0 Å². The van der Waals surface area contributed by atoms with Gasteiger partial charge in [-0.2, -0.15) is 0 Å². The average Bonchev–Trinajstić information content (AvgIpc) is 2.72. The first kappa shape index (κ1) is 21.7. The molecule has 0 atom stereocenters. The van der Waals surface area contributed by atoms with Crippen molar-refractivity contribution in [2.75, 3.05) is 20.8 Å². The minimum atomic E-state index is -3.45. The third-order valence-electron chi connectivity index (χ3n) is 4.16. The molecule has 2 rings (SSSR count). The number of sulfonamides is 1. The largest absolute Gasteiger partial charge is 0.493 e. The molecule has 28 heavy (non-hydrogen) atoms. The van der Waals surface area contributed by atoms with Crippen molar-refractivity contribution < 1.29 is 22.7 Å². The Morgan fingerprint density at radius 2 is 1.71 bits per heavy atom. The number of ether oxygens (including phenoxy) is 2. The van der Waals surface area contributed by atoms with Crippen molar-refractivity contribution in [2.45, 2.75) is 31.2 Å². The monoisotopic (exact) mass is 406 g/mol. The second kappa shape index (κ2) is 10.1. The van der Waals surface area contributed by atoms with Crippen molar-refractivity contribution in [3.05, 3.63) is 53.6 Å². The lowest BCUT2D eigenvalue weighted by atomic mass is 10.1. The van der Waals surface area contributed by atoms with Gasteiger partial charge in [0, 0.05) is 13.0 Å². The SMILES string of the molecule is CCOc1ccc(CNC(=O)CCc2ccc(S(=O)(=O)NC)cc2)cc1OC. The maximum atomic E-state index is 12.1. The molecule has 0 aliphatic carbocycles. The summed E-state index contributed by atoms with van der Waals surface area (Å²) in [5.74, 6) is 1.22. The highest BCUT2D eigenvalue weighted by Crippen LogP contribution is 2.27. The smallest absolute Gasteiger partial charge is 0.240 e. The van der Waals surface area contributed by atoms with Crippen LogP contribution in [0.5, 0.6) is 11.5 Å². The summed E-state index contributed by atoms with van der Waals surface area (Å²) >= 11 is 0. The second-order valence-corrected chi connectivity index (χ2v) is 7.93. The molecule has 0 bridgehead atoms. The van der Waals surface area contributed by atoms with Crippen LogP contribution in [0, 0.1) is 0 Å². The average molecular weight is 407 g/mol. The Balaban J connectivity index is 1.86. The number of carbonyl (C=O) groups is 1. The summed E-state index contributed by atoms with van der Waals surface area (Å²) < 4.78 is 36.5. The van der Waals surface area contributed by atoms with Gasteiger partial charge in [0.25, 0.3) is 0 Å². The van der Waals surface area contributed by atoms with E-state index in [0.717, 1.165) is 11.1 Å². The lowest BCUT2D eigenvalue weighted by Crippen LogP contribution is -2.23. The van der Waals surface area contributed by atoms with Gasteiger partial charge in [-0.3, -0.25) is 4.79 Å². The quantitative estimate of drug-likeness (QED) is 0.631. The molecule has 8 heteroatoms. The van der Waals surface area contributed by atoms with Crippen molar-refractivity contribution in [1.82, 2.24) is 10.0 Å². The summed E-state index contributed by atoms with van der Waals surface area (Å²) in [6, 6.07) is 12.0. The number of amides is 1. The van der Waals surface area contributed by atoms with Gasteiger partial charge in [0.15, 0.2) is 11.5 Å². The number of hydrogen-bond acceptors (Lipinski definition) is 5. The van der Waals surface area contributed by atoms with Crippen LogP contribution < -0.4 is 19.5 Å². The van der Waals surface area contributed by atoms with Crippen LogP contribution in [-0.4, -0.2) is 35.1 Å². The van der Waals surface area contributed by atoms with E-state index in [4.69, 9.17) is 9.47 Å². The Morgan fingerprint density at radius 1 is 1.04 bits per heavy atom. The van der Waals surface area contributed by atoms with Gasteiger partial charge in [-0.15, -0.1) is 0 Å². The van der Waals surface area contributed by atoms with Crippen molar-refractivity contribution in [1.29, 1.82) is 0 Å². The third kappa shape index (κ3) is 5.97. The summed E-state index contributed by atoms with van der Waals surface area (Å²) in [4.78, 5) is 12.3. The second-order valence-electron chi connectivity index (χ2n) is 6.05. The Kier molecular flexibility index (Phi) is 7.83. The molecule has 7 nitrogen and oxygen atoms in total. The van der Waals surface area contributed by atoms with Crippen molar-refractivity contribution >= 4 is 15.9 Å². The van der Waals surface area contributed by atoms with Crippen LogP contribution in [0.25, 0.3) is 0 Å². The number of benzene rings is 2. The van der Waals surface area contributed by atoms with Gasteiger partial charge in [0.1, 0.15) is 0 Å². The fourth-order valence-corrected chi connectivity index (χ4v) is 3.33. The van der Waals surface area contributed by atoms with Gasteiger partial charge in [0.05, 0.1) is 18.6 Å². The number of nitrogens with one attached hydrogen (secondary N) is 2.